The predicted molar refractivity (Wildman–Crippen MR) is 84.3 cm³/mol. The second kappa shape index (κ2) is 6.78. The zero-order valence-corrected chi connectivity index (χ0v) is 12.6. The number of carbonyl (C=O) groups excluding carboxylic acids is 2. The minimum Gasteiger partial charge on any atom is -0.467 e. The molecule has 8 nitrogen and oxygen atoms in total. The monoisotopic (exact) mass is 326 g/mol. The average Bonchev–Trinajstić information content (AvgIpc) is 3.12. The van der Waals surface area contributed by atoms with Gasteiger partial charge in [0.05, 0.1) is 19.4 Å². The van der Waals surface area contributed by atoms with E-state index in [1.165, 1.54) is 23.1 Å². The highest BCUT2D eigenvalue weighted by Crippen LogP contribution is 1.99. The van der Waals surface area contributed by atoms with Gasteiger partial charge < -0.3 is 15.1 Å². The molecular weight excluding hydrogens is 312 g/mol. The summed E-state index contributed by atoms with van der Waals surface area (Å²) >= 11 is 0. The maximum atomic E-state index is 12.2. The molecule has 0 atom stereocenters. The van der Waals surface area contributed by atoms with Crippen LogP contribution in [-0.2, 0) is 11.3 Å². The number of hydrogen-bond acceptors (Lipinski definition) is 5. The summed E-state index contributed by atoms with van der Waals surface area (Å²) in [6.45, 7) is -0.0294. The quantitative estimate of drug-likeness (QED) is 0.703. The molecule has 0 aliphatic heterocycles. The van der Waals surface area contributed by atoms with Gasteiger partial charge in [0.25, 0.3) is 11.5 Å². The highest BCUT2D eigenvalue weighted by molar-refractivity contribution is 5.96. The van der Waals surface area contributed by atoms with Crippen LogP contribution in [0.3, 0.4) is 0 Å². The molecule has 0 aliphatic rings. The number of furan rings is 1. The van der Waals surface area contributed by atoms with Crippen LogP contribution in [0.5, 0.6) is 0 Å². The fourth-order valence-corrected chi connectivity index (χ4v) is 2.10. The van der Waals surface area contributed by atoms with Crippen molar-refractivity contribution in [2.75, 3.05) is 6.54 Å². The summed E-state index contributed by atoms with van der Waals surface area (Å²) in [5.74, 6) is -0.445. The highest BCUT2D eigenvalue weighted by Gasteiger charge is 2.14. The molecule has 0 radical (unpaired) electrons. The van der Waals surface area contributed by atoms with E-state index in [0.717, 1.165) is 0 Å². The third-order valence-corrected chi connectivity index (χ3v) is 3.31. The van der Waals surface area contributed by atoms with Gasteiger partial charge in [-0.25, -0.2) is 4.98 Å². The number of amides is 2. The van der Waals surface area contributed by atoms with Crippen LogP contribution in [0.1, 0.15) is 16.1 Å². The van der Waals surface area contributed by atoms with Crippen LogP contribution in [-0.4, -0.2) is 27.7 Å². The minimum atomic E-state index is -0.654. The molecule has 122 valence electrons. The van der Waals surface area contributed by atoms with Gasteiger partial charge in [0, 0.05) is 12.4 Å². The van der Waals surface area contributed by atoms with Crippen molar-refractivity contribution < 1.29 is 14.0 Å². The van der Waals surface area contributed by atoms with Gasteiger partial charge in [-0.05, 0) is 24.3 Å². The first kappa shape index (κ1) is 15.5. The number of fused-ring (bicyclic) bond motifs is 1. The third-order valence-electron chi connectivity index (χ3n) is 3.31. The van der Waals surface area contributed by atoms with Crippen LogP contribution in [0.4, 0.5) is 0 Å². The number of aromatic nitrogens is 2. The third kappa shape index (κ3) is 3.32. The van der Waals surface area contributed by atoms with E-state index in [2.05, 4.69) is 15.6 Å². The lowest BCUT2D eigenvalue weighted by atomic mass is 10.3. The van der Waals surface area contributed by atoms with Crippen LogP contribution in [0.25, 0.3) is 5.65 Å². The first-order valence-corrected chi connectivity index (χ1v) is 7.19. The molecule has 24 heavy (non-hydrogen) atoms. The summed E-state index contributed by atoms with van der Waals surface area (Å²) in [7, 11) is 0. The second-order valence-corrected chi connectivity index (χ2v) is 4.94. The number of carbonyl (C=O) groups is 2. The van der Waals surface area contributed by atoms with E-state index < -0.39 is 17.4 Å². The standard InChI is InChI=1S/C16H14N4O4/c21-14(18-8-11-4-3-7-24-11)10-19-15(22)12-9-17-13-5-1-2-6-20(13)16(12)23/h1-7,9H,8,10H2,(H,18,21)(H,19,22). The van der Waals surface area contributed by atoms with Crippen molar-refractivity contribution in [2.24, 2.45) is 0 Å². The summed E-state index contributed by atoms with van der Waals surface area (Å²) in [5.41, 5.74) is -0.179. The van der Waals surface area contributed by atoms with E-state index >= 15 is 0 Å². The van der Waals surface area contributed by atoms with Gasteiger partial charge in [0.15, 0.2) is 0 Å². The molecule has 3 aromatic rings. The summed E-state index contributed by atoms with van der Waals surface area (Å²) in [6.07, 6.45) is 4.23. The highest BCUT2D eigenvalue weighted by atomic mass is 16.3. The molecule has 3 aromatic heterocycles. The van der Waals surface area contributed by atoms with Gasteiger partial charge in [-0.15, -0.1) is 0 Å². The van der Waals surface area contributed by atoms with Crippen LogP contribution >= 0.6 is 0 Å². The average molecular weight is 326 g/mol. The van der Waals surface area contributed by atoms with Crippen molar-refractivity contribution in [3.8, 4) is 0 Å². The van der Waals surface area contributed by atoms with E-state index in [4.69, 9.17) is 4.42 Å². The lowest BCUT2D eigenvalue weighted by Crippen LogP contribution is -2.39. The van der Waals surface area contributed by atoms with Crippen molar-refractivity contribution in [2.45, 2.75) is 6.54 Å². The summed E-state index contributed by atoms with van der Waals surface area (Å²) in [5, 5.41) is 4.99. The van der Waals surface area contributed by atoms with Crippen molar-refractivity contribution in [3.05, 3.63) is 70.7 Å². The molecule has 0 unspecified atom stereocenters. The Morgan fingerprint density at radius 2 is 2.04 bits per heavy atom. The number of nitrogens with one attached hydrogen (secondary N) is 2. The fraction of sp³-hybridized carbons (Fsp3) is 0.125. The molecule has 0 aromatic carbocycles. The van der Waals surface area contributed by atoms with Crippen molar-refractivity contribution in [1.29, 1.82) is 0 Å². The Hall–Kier alpha value is -3.42. The summed E-state index contributed by atoms with van der Waals surface area (Å²) < 4.78 is 6.35. The fourth-order valence-electron chi connectivity index (χ4n) is 2.10. The maximum Gasteiger partial charge on any atom is 0.270 e. The maximum absolute atomic E-state index is 12.2. The molecule has 8 heteroatoms. The summed E-state index contributed by atoms with van der Waals surface area (Å²) in [6, 6.07) is 8.50. The minimum absolute atomic E-state index is 0.127. The second-order valence-electron chi connectivity index (χ2n) is 4.94. The largest absolute Gasteiger partial charge is 0.467 e. The Kier molecular flexibility index (Phi) is 4.37. The van der Waals surface area contributed by atoms with E-state index in [1.807, 2.05) is 0 Å². The van der Waals surface area contributed by atoms with Crippen molar-refractivity contribution >= 4 is 17.5 Å². The van der Waals surface area contributed by atoms with Gasteiger partial charge in [-0.2, -0.15) is 0 Å². The van der Waals surface area contributed by atoms with E-state index in [1.54, 1.807) is 30.3 Å². The summed E-state index contributed by atoms with van der Waals surface area (Å²) in [4.78, 5) is 40.1. The van der Waals surface area contributed by atoms with E-state index in [-0.39, 0.29) is 18.7 Å². The topological polar surface area (TPSA) is 106 Å². The van der Waals surface area contributed by atoms with Gasteiger partial charge in [-0.3, -0.25) is 18.8 Å². The molecular formula is C16H14N4O4. The molecule has 0 saturated heterocycles. The zero-order valence-electron chi connectivity index (χ0n) is 12.6. The molecule has 3 heterocycles. The smallest absolute Gasteiger partial charge is 0.270 e. The van der Waals surface area contributed by atoms with Crippen LogP contribution < -0.4 is 16.2 Å². The molecule has 3 rings (SSSR count). The Bertz CT molecular complexity index is 931. The molecule has 0 spiro atoms. The van der Waals surface area contributed by atoms with Crippen molar-refractivity contribution in [3.63, 3.8) is 0 Å². The Labute approximate surface area is 136 Å². The number of nitrogens with zero attached hydrogens (tertiary/aromatic N) is 2. The van der Waals surface area contributed by atoms with Gasteiger partial charge in [-0.1, -0.05) is 6.07 Å². The van der Waals surface area contributed by atoms with Crippen LogP contribution in [0, 0.1) is 0 Å². The SMILES string of the molecule is O=C(CNC(=O)c1cnc2ccccn2c1=O)NCc1ccco1. The van der Waals surface area contributed by atoms with Crippen LogP contribution in [0.15, 0.2) is 58.2 Å². The zero-order chi connectivity index (χ0) is 16.9. The first-order valence-electron chi connectivity index (χ1n) is 7.19. The lowest BCUT2D eigenvalue weighted by molar-refractivity contribution is -0.120. The van der Waals surface area contributed by atoms with Gasteiger partial charge in [0.2, 0.25) is 5.91 Å². The molecule has 0 aliphatic carbocycles. The van der Waals surface area contributed by atoms with E-state index in [9.17, 15) is 14.4 Å². The Balaban J connectivity index is 1.62. The molecule has 2 N–H and O–H groups in total. The number of pyridine rings is 1. The molecule has 0 bridgehead atoms. The Morgan fingerprint density at radius 3 is 2.83 bits per heavy atom. The number of rotatable bonds is 5. The number of hydrogen-bond donors (Lipinski definition) is 2. The van der Waals surface area contributed by atoms with Gasteiger partial charge >= 0.3 is 0 Å². The molecule has 0 saturated carbocycles. The normalized spacial score (nSPS) is 10.5. The van der Waals surface area contributed by atoms with Crippen LogP contribution in [0.2, 0.25) is 0 Å². The van der Waals surface area contributed by atoms with Gasteiger partial charge in [0.1, 0.15) is 17.0 Å². The lowest BCUT2D eigenvalue weighted by Gasteiger charge is -2.06. The molecule has 2 amide bonds. The molecule has 0 fully saturated rings. The first-order chi connectivity index (χ1) is 11.6. The van der Waals surface area contributed by atoms with Crippen molar-refractivity contribution in [1.82, 2.24) is 20.0 Å². The Morgan fingerprint density at radius 1 is 1.17 bits per heavy atom. The van der Waals surface area contributed by atoms with E-state index in [0.29, 0.717) is 11.4 Å². The predicted octanol–water partition coefficient (Wildman–Crippen LogP) is 0.334.